The van der Waals surface area contributed by atoms with Gasteiger partial charge in [-0.25, -0.2) is 19.6 Å². The van der Waals surface area contributed by atoms with Crippen LogP contribution in [0.3, 0.4) is 0 Å². The van der Waals surface area contributed by atoms with Gasteiger partial charge in [-0.15, -0.1) is 0 Å². The van der Waals surface area contributed by atoms with Crippen molar-refractivity contribution in [1.82, 2.24) is 40.4 Å². The minimum Gasteiger partial charge on any atom is -0.453 e. The lowest BCUT2D eigenvalue weighted by Crippen LogP contribution is -2.53. The van der Waals surface area contributed by atoms with Crippen molar-refractivity contribution in [3.8, 4) is 22.4 Å². The fraction of sp³-hybridized carbons (Fsp3) is 0.333. The van der Waals surface area contributed by atoms with Gasteiger partial charge in [0.25, 0.3) is 0 Å². The van der Waals surface area contributed by atoms with E-state index in [1.807, 2.05) is 59.7 Å². The molecule has 15 nitrogen and oxygen atoms in total. The molecule has 5 aromatic rings. The van der Waals surface area contributed by atoms with E-state index in [-0.39, 0.29) is 24.5 Å². The quantitative estimate of drug-likeness (QED) is 0.105. The number of hydrogen-bond donors (Lipinski definition) is 4. The Kier molecular flexibility index (Phi) is 11.9. The van der Waals surface area contributed by atoms with Gasteiger partial charge in [0.15, 0.2) is 0 Å². The van der Waals surface area contributed by atoms with Crippen molar-refractivity contribution in [3.63, 3.8) is 0 Å². The Bertz CT molecular complexity index is 2690. The van der Waals surface area contributed by atoms with Crippen molar-refractivity contribution in [2.75, 3.05) is 40.5 Å². The van der Waals surface area contributed by atoms with Crippen LogP contribution in [0.2, 0.25) is 0 Å². The number of amides is 4. The number of morpholine rings is 1. The van der Waals surface area contributed by atoms with Gasteiger partial charge in [0, 0.05) is 18.7 Å². The summed E-state index contributed by atoms with van der Waals surface area (Å²) in [6.07, 6.45) is 16.7. The minimum atomic E-state index is -0.861. The third-order valence-electron chi connectivity index (χ3n) is 12.4. The summed E-state index contributed by atoms with van der Waals surface area (Å²) in [5.74, 6) is 0.919. The maximum atomic E-state index is 14.1. The van der Waals surface area contributed by atoms with E-state index in [4.69, 9.17) is 24.2 Å². The summed E-state index contributed by atoms with van der Waals surface area (Å²) in [6.45, 7) is 1.56. The number of aromatic amines is 2. The molecule has 0 radical (unpaired) electrons. The van der Waals surface area contributed by atoms with Crippen LogP contribution in [-0.2, 0) is 23.8 Å². The number of nitrogens with one attached hydrogen (secondary N) is 4. The van der Waals surface area contributed by atoms with Gasteiger partial charge in [0.1, 0.15) is 29.8 Å². The third-order valence-corrected chi connectivity index (χ3v) is 12.4. The number of benzene rings is 3. The molecule has 0 spiro atoms. The van der Waals surface area contributed by atoms with Crippen LogP contribution < -0.4 is 10.6 Å². The molecule has 2 aliphatic carbocycles. The van der Waals surface area contributed by atoms with E-state index < -0.39 is 30.3 Å². The number of likely N-dealkylation sites (tertiary alicyclic amines) is 1. The Morgan fingerprint density at radius 3 is 2.00 bits per heavy atom. The van der Waals surface area contributed by atoms with E-state index in [1.54, 1.807) is 4.90 Å². The van der Waals surface area contributed by atoms with Gasteiger partial charge in [-0.05, 0) is 95.8 Å². The van der Waals surface area contributed by atoms with E-state index in [0.29, 0.717) is 57.0 Å². The summed E-state index contributed by atoms with van der Waals surface area (Å²) < 4.78 is 15.6. The number of methoxy groups -OCH3 is 2. The summed E-state index contributed by atoms with van der Waals surface area (Å²) in [5.41, 5.74) is 7.13. The Morgan fingerprint density at radius 1 is 0.730 bits per heavy atom. The monoisotopic (exact) mass is 850 g/mol. The number of carbonyl (C=O) groups is 4. The summed E-state index contributed by atoms with van der Waals surface area (Å²) in [7, 11) is 2.58. The summed E-state index contributed by atoms with van der Waals surface area (Å²) in [4.78, 5) is 73.0. The van der Waals surface area contributed by atoms with E-state index in [2.05, 4.69) is 63.1 Å². The highest BCUT2D eigenvalue weighted by molar-refractivity contribution is 5.93. The van der Waals surface area contributed by atoms with Gasteiger partial charge in [-0.2, -0.15) is 0 Å². The summed E-state index contributed by atoms with van der Waals surface area (Å²) >= 11 is 0. The number of nitrogens with zero attached hydrogens (tertiary/aromatic N) is 4. The third kappa shape index (κ3) is 8.60. The predicted octanol–water partition coefficient (Wildman–Crippen LogP) is 7.34. The number of carbonyl (C=O) groups excluding carboxylic acids is 4. The Labute approximate surface area is 364 Å². The first-order chi connectivity index (χ1) is 30.8. The van der Waals surface area contributed by atoms with Crippen molar-refractivity contribution >= 4 is 45.8 Å². The van der Waals surface area contributed by atoms with Gasteiger partial charge >= 0.3 is 12.2 Å². The molecule has 9 rings (SSSR count). The molecule has 0 saturated carbocycles. The zero-order valence-corrected chi connectivity index (χ0v) is 35.3. The van der Waals surface area contributed by atoms with Crippen LogP contribution in [0.4, 0.5) is 9.59 Å². The molecule has 0 bridgehead atoms. The number of rotatable bonds is 10. The highest BCUT2D eigenvalue weighted by Crippen LogP contribution is 2.35. The lowest BCUT2D eigenvalue weighted by molar-refractivity contribution is -0.141. The molecule has 0 unspecified atom stereocenters. The minimum absolute atomic E-state index is 0.168. The average molecular weight is 851 g/mol. The van der Waals surface area contributed by atoms with Crippen molar-refractivity contribution in [2.24, 2.45) is 0 Å². The normalized spacial score (nSPS) is 19.7. The largest absolute Gasteiger partial charge is 0.453 e. The number of allylic oxidation sites excluding steroid dienone is 6. The SMILES string of the molecule is COC(=O)N[C@@H](C(=O)N1CCC[C@H]1c1ncc(-c2ccc3cc(-c4ccc5nc([C@@H]6COCCN6C(=O)[C@H](NC(=O)OC)C6=CCC=CC6)[nH]c5c4)ccc3c2)[nH]1)C1=CCC=CC1. The van der Waals surface area contributed by atoms with Crippen LogP contribution in [0.5, 0.6) is 0 Å². The van der Waals surface area contributed by atoms with Gasteiger partial charge in [-0.1, -0.05) is 66.8 Å². The molecule has 4 amide bonds. The molecule has 3 aromatic carbocycles. The number of fused-ring (bicyclic) bond motifs is 2. The molecule has 324 valence electrons. The fourth-order valence-electron chi connectivity index (χ4n) is 9.04. The van der Waals surface area contributed by atoms with Crippen LogP contribution in [0.15, 0.2) is 108 Å². The first-order valence-electron chi connectivity index (χ1n) is 21.4. The molecule has 4 N–H and O–H groups in total. The number of imidazole rings is 2. The van der Waals surface area contributed by atoms with Crippen LogP contribution in [0.1, 0.15) is 62.3 Å². The van der Waals surface area contributed by atoms with E-state index in [9.17, 15) is 19.2 Å². The number of aromatic nitrogens is 4. The zero-order chi connectivity index (χ0) is 43.5. The van der Waals surface area contributed by atoms with E-state index in [1.165, 1.54) is 14.2 Å². The highest BCUT2D eigenvalue weighted by Gasteiger charge is 2.39. The first-order valence-corrected chi connectivity index (χ1v) is 21.4. The topological polar surface area (TPSA) is 184 Å². The maximum absolute atomic E-state index is 14.1. The van der Waals surface area contributed by atoms with Crippen molar-refractivity contribution < 1.29 is 33.4 Å². The lowest BCUT2D eigenvalue weighted by Gasteiger charge is -2.37. The van der Waals surface area contributed by atoms with E-state index >= 15 is 0 Å². The number of hydrogen-bond acceptors (Lipinski definition) is 9. The molecule has 4 atom stereocenters. The van der Waals surface area contributed by atoms with Gasteiger partial charge in [0.2, 0.25) is 11.8 Å². The zero-order valence-electron chi connectivity index (χ0n) is 35.3. The molecule has 2 fully saturated rings. The Balaban J connectivity index is 0.915. The first kappa shape index (κ1) is 41.4. The Morgan fingerprint density at radius 2 is 1.35 bits per heavy atom. The second-order valence-electron chi connectivity index (χ2n) is 16.1. The van der Waals surface area contributed by atoms with Crippen molar-refractivity contribution in [3.05, 3.63) is 120 Å². The van der Waals surface area contributed by atoms with Crippen molar-refractivity contribution in [1.29, 1.82) is 0 Å². The standard InChI is InChI=1S/C48H50N8O7/c1-61-47(59)53-41(29-10-5-3-6-11-29)45(57)55-21-9-14-39(55)43-49-27-38(52-43)35-18-17-31-24-32(15-16-33(31)25-35)34-19-20-36-37(26-34)51-44(50-36)40-28-63-23-22-56(40)46(58)42(54-48(60)62-2)30-12-7-4-8-13-30/h3-5,7,11,13,15-20,24-27,39-42H,6,8-10,12,14,21-23,28H2,1-2H3,(H,49,52)(H,50,51)(H,53,59)(H,54,60)/t39-,40-,41+,42+/m0/s1. The van der Waals surface area contributed by atoms with Crippen LogP contribution in [0, 0.1) is 0 Å². The van der Waals surface area contributed by atoms with Crippen LogP contribution >= 0.6 is 0 Å². The second kappa shape index (κ2) is 18.2. The predicted molar refractivity (Wildman–Crippen MR) is 237 cm³/mol. The molecule has 15 heteroatoms. The fourth-order valence-corrected chi connectivity index (χ4v) is 9.04. The summed E-state index contributed by atoms with van der Waals surface area (Å²) in [6, 6.07) is 16.3. The number of H-pyrrole nitrogens is 2. The lowest BCUT2D eigenvalue weighted by atomic mass is 9.96. The van der Waals surface area contributed by atoms with Gasteiger partial charge in [-0.3, -0.25) is 9.59 Å². The smallest absolute Gasteiger partial charge is 0.407 e. The maximum Gasteiger partial charge on any atom is 0.407 e. The molecule has 63 heavy (non-hydrogen) atoms. The van der Waals surface area contributed by atoms with Gasteiger partial charge in [0.05, 0.1) is 56.4 Å². The molecule has 2 aromatic heterocycles. The molecule has 4 aliphatic rings. The molecular weight excluding hydrogens is 801 g/mol. The number of ether oxygens (including phenoxy) is 3. The second-order valence-corrected chi connectivity index (χ2v) is 16.1. The van der Waals surface area contributed by atoms with Gasteiger partial charge < -0.3 is 44.6 Å². The summed E-state index contributed by atoms with van der Waals surface area (Å²) in [5, 5.41) is 7.65. The molecule has 4 heterocycles. The average Bonchev–Trinajstić information content (AvgIpc) is 4.13. The Hall–Kier alpha value is -7.00. The van der Waals surface area contributed by atoms with Crippen LogP contribution in [-0.4, -0.2) is 106 Å². The number of alkyl carbamates (subject to hydrolysis) is 2. The molecule has 2 aliphatic heterocycles. The van der Waals surface area contributed by atoms with Crippen LogP contribution in [0.25, 0.3) is 44.2 Å². The molecule has 2 saturated heterocycles. The van der Waals surface area contributed by atoms with Crippen molar-refractivity contribution in [2.45, 2.75) is 62.7 Å². The van der Waals surface area contributed by atoms with E-state index in [0.717, 1.165) is 68.2 Å². The molecular formula is C48H50N8O7. The highest BCUT2D eigenvalue weighted by atomic mass is 16.5.